The Kier molecular flexibility index (Phi) is 4.89. The van der Waals surface area contributed by atoms with Crippen LogP contribution >= 0.6 is 0 Å². The second-order valence-corrected chi connectivity index (χ2v) is 5.97. The summed E-state index contributed by atoms with van der Waals surface area (Å²) in [5.41, 5.74) is 8.22. The number of guanidine groups is 1. The third kappa shape index (κ3) is 3.79. The van der Waals surface area contributed by atoms with Crippen LogP contribution in [0.1, 0.15) is 24.3 Å². The van der Waals surface area contributed by atoms with E-state index in [9.17, 15) is 0 Å². The maximum atomic E-state index is 6.00. The average molecular weight is 325 g/mol. The zero-order chi connectivity index (χ0) is 16.9. The molecule has 5 heteroatoms. The second kappa shape index (κ2) is 7.25. The van der Waals surface area contributed by atoms with Gasteiger partial charge in [-0.05, 0) is 60.7 Å². The lowest BCUT2D eigenvalue weighted by atomic mass is 9.76. The number of hydrogen-bond donors (Lipinski definition) is 2. The maximum absolute atomic E-state index is 6.00. The zero-order valence-electron chi connectivity index (χ0n) is 14.0. The molecule has 0 heterocycles. The Labute approximate surface area is 142 Å². The van der Waals surface area contributed by atoms with Crippen LogP contribution in [0.5, 0.6) is 11.5 Å². The number of nitrogens with one attached hydrogen (secondary N) is 1. The Morgan fingerprint density at radius 2 is 1.75 bits per heavy atom. The van der Waals surface area contributed by atoms with Gasteiger partial charge in [0.1, 0.15) is 11.5 Å². The normalized spacial score (nSPS) is 20.2. The molecule has 3 rings (SSSR count). The molecular formula is C19H23N3O2. The van der Waals surface area contributed by atoms with Gasteiger partial charge in [-0.25, -0.2) is 4.99 Å². The van der Waals surface area contributed by atoms with Gasteiger partial charge < -0.3 is 20.5 Å². The van der Waals surface area contributed by atoms with E-state index in [1.54, 1.807) is 14.2 Å². The highest BCUT2D eigenvalue weighted by Crippen LogP contribution is 2.39. The van der Waals surface area contributed by atoms with Gasteiger partial charge in [0.15, 0.2) is 5.96 Å². The van der Waals surface area contributed by atoms with Gasteiger partial charge in [-0.2, -0.15) is 0 Å². The number of nitrogens with zero attached hydrogens (tertiary/aromatic N) is 1. The number of methoxy groups -OCH3 is 2. The third-order valence-electron chi connectivity index (χ3n) is 4.36. The molecule has 0 bridgehead atoms. The minimum Gasteiger partial charge on any atom is -0.497 e. The first-order valence-electron chi connectivity index (χ1n) is 8.06. The number of anilines is 1. The summed E-state index contributed by atoms with van der Waals surface area (Å²) in [7, 11) is 3.34. The predicted octanol–water partition coefficient (Wildman–Crippen LogP) is 3.38. The average Bonchev–Trinajstić information content (AvgIpc) is 2.58. The van der Waals surface area contributed by atoms with Crippen LogP contribution in [-0.4, -0.2) is 26.2 Å². The smallest absolute Gasteiger partial charge is 0.193 e. The number of aliphatic imine (C=N–C) groups is 1. The molecule has 3 N–H and O–H groups in total. The third-order valence-corrected chi connectivity index (χ3v) is 4.36. The molecule has 0 aliphatic heterocycles. The monoisotopic (exact) mass is 325 g/mol. The number of nitrogens with two attached hydrogens (primary N) is 1. The summed E-state index contributed by atoms with van der Waals surface area (Å²) in [6.45, 7) is 0. The molecule has 0 saturated heterocycles. The lowest BCUT2D eigenvalue weighted by Crippen LogP contribution is -2.31. The van der Waals surface area contributed by atoms with E-state index in [1.807, 2.05) is 36.4 Å². The first kappa shape index (κ1) is 16.2. The summed E-state index contributed by atoms with van der Waals surface area (Å²) in [4.78, 5) is 4.56. The first-order chi connectivity index (χ1) is 11.7. The van der Waals surface area contributed by atoms with Crippen LogP contribution in [0.4, 0.5) is 5.69 Å². The lowest BCUT2D eigenvalue weighted by molar-refractivity contribution is 0.351. The fraction of sp³-hybridized carbons (Fsp3) is 0.316. The fourth-order valence-corrected chi connectivity index (χ4v) is 2.91. The van der Waals surface area contributed by atoms with Crippen LogP contribution in [0.15, 0.2) is 53.5 Å². The van der Waals surface area contributed by atoms with E-state index in [-0.39, 0.29) is 6.04 Å². The molecule has 2 aromatic rings. The topological polar surface area (TPSA) is 68.9 Å². The van der Waals surface area contributed by atoms with Crippen molar-refractivity contribution < 1.29 is 9.47 Å². The molecule has 0 aromatic heterocycles. The standard InChI is InChI=1S/C19H23N3O2/c1-23-17-8-6-15(7-9-17)21-19(20)22-16-10-14(11-16)13-4-3-5-18(12-13)24-2/h3-9,12,14,16H,10-11H2,1-2H3,(H3,20,21,22). The highest BCUT2D eigenvalue weighted by Gasteiger charge is 2.30. The van der Waals surface area contributed by atoms with E-state index in [4.69, 9.17) is 15.2 Å². The molecule has 126 valence electrons. The molecule has 0 unspecified atom stereocenters. The lowest BCUT2D eigenvalue weighted by Gasteiger charge is -2.33. The number of benzene rings is 2. The predicted molar refractivity (Wildman–Crippen MR) is 97.0 cm³/mol. The van der Waals surface area contributed by atoms with Gasteiger partial charge in [0.25, 0.3) is 0 Å². The van der Waals surface area contributed by atoms with Crippen LogP contribution in [-0.2, 0) is 0 Å². The van der Waals surface area contributed by atoms with E-state index < -0.39 is 0 Å². The van der Waals surface area contributed by atoms with Crippen molar-refractivity contribution in [1.82, 2.24) is 0 Å². The van der Waals surface area contributed by atoms with E-state index in [0.29, 0.717) is 11.9 Å². The zero-order valence-corrected chi connectivity index (χ0v) is 14.0. The number of ether oxygens (including phenoxy) is 2. The van der Waals surface area contributed by atoms with Crippen molar-refractivity contribution in [2.45, 2.75) is 24.8 Å². The van der Waals surface area contributed by atoms with Gasteiger partial charge in [0, 0.05) is 5.69 Å². The molecule has 2 aromatic carbocycles. The van der Waals surface area contributed by atoms with Crippen molar-refractivity contribution in [3.8, 4) is 11.5 Å². The summed E-state index contributed by atoms with van der Waals surface area (Å²) in [6, 6.07) is 16.1. The molecule has 0 spiro atoms. The Bertz CT molecular complexity index is 707. The molecule has 5 nitrogen and oxygen atoms in total. The molecule has 1 saturated carbocycles. The Morgan fingerprint density at radius 3 is 2.42 bits per heavy atom. The Hall–Kier alpha value is -2.69. The van der Waals surface area contributed by atoms with Crippen LogP contribution in [0.25, 0.3) is 0 Å². The van der Waals surface area contributed by atoms with Crippen molar-refractivity contribution in [3.05, 3.63) is 54.1 Å². The molecule has 0 atom stereocenters. The first-order valence-corrected chi connectivity index (χ1v) is 8.06. The Morgan fingerprint density at radius 1 is 1.04 bits per heavy atom. The van der Waals surface area contributed by atoms with Gasteiger partial charge in [-0.15, -0.1) is 0 Å². The van der Waals surface area contributed by atoms with E-state index in [1.165, 1.54) is 5.56 Å². The van der Waals surface area contributed by atoms with Gasteiger partial charge in [-0.1, -0.05) is 12.1 Å². The van der Waals surface area contributed by atoms with E-state index in [2.05, 4.69) is 22.4 Å². The van der Waals surface area contributed by atoms with E-state index >= 15 is 0 Å². The number of rotatable bonds is 5. The maximum Gasteiger partial charge on any atom is 0.193 e. The summed E-state index contributed by atoms with van der Waals surface area (Å²) >= 11 is 0. The second-order valence-electron chi connectivity index (χ2n) is 5.97. The van der Waals surface area contributed by atoms with Gasteiger partial charge in [0.05, 0.1) is 20.3 Å². The minimum atomic E-state index is 0.270. The van der Waals surface area contributed by atoms with Crippen molar-refractivity contribution >= 4 is 11.6 Å². The Balaban J connectivity index is 1.54. The van der Waals surface area contributed by atoms with Crippen LogP contribution in [0.2, 0.25) is 0 Å². The van der Waals surface area contributed by atoms with Gasteiger partial charge in [0.2, 0.25) is 0 Å². The summed E-state index contributed by atoms with van der Waals surface area (Å²) in [6.07, 6.45) is 2.02. The SMILES string of the molecule is COc1ccc(NC(N)=NC2CC(c3cccc(OC)c3)C2)cc1. The van der Waals surface area contributed by atoms with Crippen LogP contribution in [0, 0.1) is 0 Å². The van der Waals surface area contributed by atoms with E-state index in [0.717, 1.165) is 30.0 Å². The molecule has 0 radical (unpaired) electrons. The van der Waals surface area contributed by atoms with Crippen molar-refractivity contribution in [2.24, 2.45) is 10.7 Å². The minimum absolute atomic E-state index is 0.270. The quantitative estimate of drug-likeness (QED) is 0.653. The largest absolute Gasteiger partial charge is 0.497 e. The molecule has 1 aliphatic carbocycles. The van der Waals surface area contributed by atoms with Crippen LogP contribution in [0.3, 0.4) is 0 Å². The highest BCUT2D eigenvalue weighted by molar-refractivity contribution is 5.92. The van der Waals surface area contributed by atoms with Crippen molar-refractivity contribution in [3.63, 3.8) is 0 Å². The van der Waals surface area contributed by atoms with Gasteiger partial charge in [-0.3, -0.25) is 0 Å². The van der Waals surface area contributed by atoms with Crippen molar-refractivity contribution in [2.75, 3.05) is 19.5 Å². The van der Waals surface area contributed by atoms with Crippen LogP contribution < -0.4 is 20.5 Å². The summed E-state index contributed by atoms with van der Waals surface area (Å²) < 4.78 is 10.4. The molecular weight excluding hydrogens is 302 g/mol. The van der Waals surface area contributed by atoms with Gasteiger partial charge >= 0.3 is 0 Å². The molecule has 24 heavy (non-hydrogen) atoms. The fourth-order valence-electron chi connectivity index (χ4n) is 2.91. The molecule has 1 aliphatic rings. The molecule has 0 amide bonds. The molecule has 1 fully saturated rings. The number of hydrogen-bond acceptors (Lipinski definition) is 3. The van der Waals surface area contributed by atoms with Crippen molar-refractivity contribution in [1.29, 1.82) is 0 Å². The summed E-state index contributed by atoms with van der Waals surface area (Å²) in [5, 5.41) is 3.12. The summed E-state index contributed by atoms with van der Waals surface area (Å²) in [5.74, 6) is 2.70. The highest BCUT2D eigenvalue weighted by atomic mass is 16.5.